The van der Waals surface area contributed by atoms with E-state index in [1.54, 1.807) is 19.9 Å². The van der Waals surface area contributed by atoms with Gasteiger partial charge in [0.1, 0.15) is 0 Å². The van der Waals surface area contributed by atoms with Crippen molar-refractivity contribution in [3.8, 4) is 0 Å². The van der Waals surface area contributed by atoms with Gasteiger partial charge in [-0.25, -0.2) is 4.79 Å². The van der Waals surface area contributed by atoms with E-state index in [0.717, 1.165) is 6.42 Å². The van der Waals surface area contributed by atoms with E-state index in [2.05, 4.69) is 17.2 Å². The molecule has 0 aromatic carbocycles. The van der Waals surface area contributed by atoms with E-state index in [9.17, 15) is 9.59 Å². The average molecular weight is 258 g/mol. The molecule has 6 nitrogen and oxygen atoms in total. The van der Waals surface area contributed by atoms with Gasteiger partial charge >= 0.3 is 12.0 Å². The van der Waals surface area contributed by atoms with E-state index in [1.807, 2.05) is 0 Å². The maximum absolute atomic E-state index is 11.4. The Bertz CT molecular complexity index is 281. The number of carboxylic acid groups (broad SMARTS) is 1. The lowest BCUT2D eigenvalue weighted by molar-refractivity contribution is -0.141. The first-order chi connectivity index (χ1) is 8.49. The van der Waals surface area contributed by atoms with Crippen molar-refractivity contribution < 1.29 is 19.4 Å². The summed E-state index contributed by atoms with van der Waals surface area (Å²) in [5.41, 5.74) is 0. The summed E-state index contributed by atoms with van der Waals surface area (Å²) in [6.45, 7) is 8.15. The Balaban J connectivity index is 3.64. The minimum atomic E-state index is -0.935. The molecule has 0 saturated carbocycles. The second-order valence-electron chi connectivity index (χ2n) is 4.01. The summed E-state index contributed by atoms with van der Waals surface area (Å²) in [5, 5.41) is 13.9. The Kier molecular flexibility index (Phi) is 8.65. The molecule has 0 aliphatic rings. The predicted molar refractivity (Wildman–Crippen MR) is 68.4 cm³/mol. The molecular weight excluding hydrogens is 236 g/mol. The summed E-state index contributed by atoms with van der Waals surface area (Å²) in [6, 6.07) is -0.813. The van der Waals surface area contributed by atoms with Gasteiger partial charge in [-0.2, -0.15) is 0 Å². The van der Waals surface area contributed by atoms with Gasteiger partial charge in [0.05, 0.1) is 19.1 Å². The maximum Gasteiger partial charge on any atom is 0.315 e. The number of rotatable bonds is 9. The highest BCUT2D eigenvalue weighted by atomic mass is 16.5. The first kappa shape index (κ1) is 16.4. The first-order valence-electron chi connectivity index (χ1n) is 5.94. The van der Waals surface area contributed by atoms with Crippen LogP contribution in [0.2, 0.25) is 0 Å². The summed E-state index contributed by atoms with van der Waals surface area (Å²) in [5.74, 6) is -1.56. The van der Waals surface area contributed by atoms with E-state index in [1.165, 1.54) is 0 Å². The summed E-state index contributed by atoms with van der Waals surface area (Å²) in [4.78, 5) is 22.1. The third-order valence-electron chi connectivity index (χ3n) is 2.50. The zero-order valence-corrected chi connectivity index (χ0v) is 10.9. The van der Waals surface area contributed by atoms with Crippen LogP contribution in [0, 0.1) is 5.92 Å². The number of urea groups is 1. The number of hydrogen-bond acceptors (Lipinski definition) is 3. The summed E-state index contributed by atoms with van der Waals surface area (Å²) in [7, 11) is 0. The lowest BCUT2D eigenvalue weighted by atomic mass is 10.0. The fourth-order valence-electron chi connectivity index (χ4n) is 1.10. The summed E-state index contributed by atoms with van der Waals surface area (Å²) >= 11 is 0. The number of carboxylic acids is 1. The molecule has 0 heterocycles. The van der Waals surface area contributed by atoms with Crippen LogP contribution in [0.1, 0.15) is 20.3 Å². The third kappa shape index (κ3) is 7.67. The van der Waals surface area contributed by atoms with Crippen LogP contribution in [0.5, 0.6) is 0 Å². The molecule has 0 spiro atoms. The van der Waals surface area contributed by atoms with Crippen molar-refractivity contribution in [3.05, 3.63) is 12.7 Å². The molecule has 18 heavy (non-hydrogen) atoms. The van der Waals surface area contributed by atoms with E-state index < -0.39 is 17.9 Å². The van der Waals surface area contributed by atoms with E-state index in [4.69, 9.17) is 9.84 Å². The SMILES string of the molecule is C=CCCOCCNC(=O)NC(C)C(C)C(=O)O. The monoisotopic (exact) mass is 258 g/mol. The Morgan fingerprint density at radius 2 is 2.06 bits per heavy atom. The van der Waals surface area contributed by atoms with Crippen molar-refractivity contribution in [2.75, 3.05) is 19.8 Å². The van der Waals surface area contributed by atoms with Gasteiger partial charge in [-0.3, -0.25) is 4.79 Å². The van der Waals surface area contributed by atoms with Gasteiger partial charge < -0.3 is 20.5 Å². The molecule has 0 rings (SSSR count). The molecule has 2 amide bonds. The van der Waals surface area contributed by atoms with Gasteiger partial charge in [0, 0.05) is 12.6 Å². The molecule has 0 bridgehead atoms. The molecule has 104 valence electrons. The van der Waals surface area contributed by atoms with Crippen LogP contribution in [-0.2, 0) is 9.53 Å². The van der Waals surface area contributed by atoms with Crippen LogP contribution in [-0.4, -0.2) is 42.9 Å². The van der Waals surface area contributed by atoms with Crippen LogP contribution < -0.4 is 10.6 Å². The average Bonchev–Trinajstić information content (AvgIpc) is 2.32. The highest BCUT2D eigenvalue weighted by Gasteiger charge is 2.20. The van der Waals surface area contributed by atoms with Crippen molar-refractivity contribution in [3.63, 3.8) is 0 Å². The van der Waals surface area contributed by atoms with E-state index in [-0.39, 0.29) is 6.03 Å². The second-order valence-corrected chi connectivity index (χ2v) is 4.01. The molecule has 0 saturated heterocycles. The second kappa shape index (κ2) is 9.47. The molecule has 0 aromatic heterocycles. The summed E-state index contributed by atoms with van der Waals surface area (Å²) in [6.07, 6.45) is 2.54. The van der Waals surface area contributed by atoms with Gasteiger partial charge in [0.25, 0.3) is 0 Å². The molecule has 2 unspecified atom stereocenters. The van der Waals surface area contributed by atoms with E-state index >= 15 is 0 Å². The molecule has 0 radical (unpaired) electrons. The standard InChI is InChI=1S/C12H22N2O4/c1-4-5-7-18-8-6-13-12(17)14-10(3)9(2)11(15)16/h4,9-10H,1,5-8H2,2-3H3,(H,15,16)(H2,13,14,17). The van der Waals surface area contributed by atoms with Gasteiger partial charge in [-0.15, -0.1) is 6.58 Å². The molecule has 6 heteroatoms. The van der Waals surface area contributed by atoms with Crippen molar-refractivity contribution in [2.45, 2.75) is 26.3 Å². The van der Waals surface area contributed by atoms with E-state index in [0.29, 0.717) is 19.8 Å². The fraction of sp³-hybridized carbons (Fsp3) is 0.667. The highest BCUT2D eigenvalue weighted by Crippen LogP contribution is 2.01. The largest absolute Gasteiger partial charge is 0.481 e. The lowest BCUT2D eigenvalue weighted by Crippen LogP contribution is -2.46. The van der Waals surface area contributed by atoms with Gasteiger partial charge in [0.15, 0.2) is 0 Å². The molecule has 0 fully saturated rings. The number of ether oxygens (including phenoxy) is 1. The highest BCUT2D eigenvalue weighted by molar-refractivity contribution is 5.76. The maximum atomic E-state index is 11.4. The molecule has 0 aliphatic carbocycles. The zero-order valence-electron chi connectivity index (χ0n) is 10.9. The Morgan fingerprint density at radius 3 is 2.61 bits per heavy atom. The zero-order chi connectivity index (χ0) is 14.0. The fourth-order valence-corrected chi connectivity index (χ4v) is 1.10. The Morgan fingerprint density at radius 1 is 1.39 bits per heavy atom. The summed E-state index contributed by atoms with van der Waals surface area (Å²) < 4.78 is 5.21. The Labute approximate surface area is 107 Å². The minimum Gasteiger partial charge on any atom is -0.481 e. The van der Waals surface area contributed by atoms with Gasteiger partial charge in [-0.05, 0) is 20.3 Å². The molecule has 3 N–H and O–H groups in total. The third-order valence-corrected chi connectivity index (χ3v) is 2.50. The smallest absolute Gasteiger partial charge is 0.315 e. The quantitative estimate of drug-likeness (QED) is 0.425. The minimum absolute atomic E-state index is 0.386. The number of hydrogen-bond donors (Lipinski definition) is 3. The topological polar surface area (TPSA) is 87.7 Å². The van der Waals surface area contributed by atoms with Crippen LogP contribution in [0.4, 0.5) is 4.79 Å². The number of nitrogens with one attached hydrogen (secondary N) is 2. The number of aliphatic carboxylic acids is 1. The van der Waals surface area contributed by atoms with Crippen LogP contribution in [0.25, 0.3) is 0 Å². The molecule has 0 aromatic rings. The molecule has 0 aliphatic heterocycles. The van der Waals surface area contributed by atoms with Crippen LogP contribution >= 0.6 is 0 Å². The number of carbonyl (C=O) groups excluding carboxylic acids is 1. The number of amides is 2. The van der Waals surface area contributed by atoms with Crippen molar-refractivity contribution >= 4 is 12.0 Å². The molecular formula is C12H22N2O4. The Hall–Kier alpha value is -1.56. The first-order valence-corrected chi connectivity index (χ1v) is 5.94. The van der Waals surface area contributed by atoms with Crippen LogP contribution in [0.15, 0.2) is 12.7 Å². The normalized spacial score (nSPS) is 13.4. The predicted octanol–water partition coefficient (Wildman–Crippen LogP) is 0.987. The van der Waals surface area contributed by atoms with Crippen molar-refractivity contribution in [2.24, 2.45) is 5.92 Å². The number of carbonyl (C=O) groups is 2. The van der Waals surface area contributed by atoms with Crippen molar-refractivity contribution in [1.29, 1.82) is 0 Å². The molecule has 2 atom stereocenters. The van der Waals surface area contributed by atoms with Crippen LogP contribution in [0.3, 0.4) is 0 Å². The lowest BCUT2D eigenvalue weighted by Gasteiger charge is -2.18. The van der Waals surface area contributed by atoms with Gasteiger partial charge in [0.2, 0.25) is 0 Å². The van der Waals surface area contributed by atoms with Crippen molar-refractivity contribution in [1.82, 2.24) is 10.6 Å². The van der Waals surface area contributed by atoms with Gasteiger partial charge in [-0.1, -0.05) is 6.08 Å².